The summed E-state index contributed by atoms with van der Waals surface area (Å²) in [5, 5.41) is 9.88. The number of hydrogen-bond donors (Lipinski definition) is 3. The first-order valence-corrected chi connectivity index (χ1v) is 10.6. The highest BCUT2D eigenvalue weighted by atomic mass is 127. The summed E-state index contributed by atoms with van der Waals surface area (Å²) in [5.74, 6) is 1.40. The molecule has 1 aliphatic rings. The topological polar surface area (TPSA) is 68.8 Å². The number of hydrogen-bond acceptors (Lipinski definition) is 3. The standard InChI is InChI=1S/C22H37N5O.HI/c1-6-11-24-21(28)19-10-8-9-18(12-19)13-25-22(23-7-2)26-20-15-27(16(3)4)14-17(20)5;/h8-10,12,16-17,20H,6-7,11,13-15H2,1-5H3,(H,24,28)(H2,23,25,26);1H. The average molecular weight is 515 g/mol. The maximum atomic E-state index is 12.2. The van der Waals surface area contributed by atoms with Crippen molar-refractivity contribution in [1.82, 2.24) is 20.9 Å². The number of likely N-dealkylation sites (tertiary alicyclic amines) is 1. The van der Waals surface area contributed by atoms with Gasteiger partial charge in [0.1, 0.15) is 0 Å². The van der Waals surface area contributed by atoms with Crippen LogP contribution in [-0.4, -0.2) is 55.0 Å². The van der Waals surface area contributed by atoms with Crippen molar-refractivity contribution >= 4 is 35.8 Å². The normalized spacial score (nSPS) is 19.7. The van der Waals surface area contributed by atoms with Gasteiger partial charge in [0.05, 0.1) is 6.54 Å². The Morgan fingerprint density at radius 1 is 1.24 bits per heavy atom. The first-order chi connectivity index (χ1) is 13.4. The van der Waals surface area contributed by atoms with Gasteiger partial charge in [-0.3, -0.25) is 9.69 Å². The van der Waals surface area contributed by atoms with E-state index in [0.29, 0.717) is 36.7 Å². The van der Waals surface area contributed by atoms with Crippen LogP contribution in [-0.2, 0) is 6.54 Å². The molecule has 0 radical (unpaired) electrons. The van der Waals surface area contributed by atoms with Crippen molar-refractivity contribution in [3.63, 3.8) is 0 Å². The number of amides is 1. The molecule has 1 aromatic carbocycles. The van der Waals surface area contributed by atoms with Crippen molar-refractivity contribution < 1.29 is 4.79 Å². The summed E-state index contributed by atoms with van der Waals surface area (Å²) >= 11 is 0. The predicted octanol–water partition coefficient (Wildman–Crippen LogP) is 3.23. The van der Waals surface area contributed by atoms with Crippen molar-refractivity contribution in [2.75, 3.05) is 26.2 Å². The molecule has 29 heavy (non-hydrogen) atoms. The zero-order chi connectivity index (χ0) is 20.5. The number of guanidine groups is 1. The summed E-state index contributed by atoms with van der Waals surface area (Å²) in [4.78, 5) is 19.4. The fraction of sp³-hybridized carbons (Fsp3) is 0.636. The van der Waals surface area contributed by atoms with Crippen LogP contribution in [0.3, 0.4) is 0 Å². The van der Waals surface area contributed by atoms with E-state index in [-0.39, 0.29) is 29.9 Å². The van der Waals surface area contributed by atoms with Gasteiger partial charge in [0.25, 0.3) is 5.91 Å². The summed E-state index contributed by atoms with van der Waals surface area (Å²) in [6, 6.07) is 8.68. The van der Waals surface area contributed by atoms with Crippen LogP contribution in [0.15, 0.2) is 29.3 Å². The van der Waals surface area contributed by atoms with Crippen LogP contribution in [0.25, 0.3) is 0 Å². The van der Waals surface area contributed by atoms with Crippen LogP contribution in [0, 0.1) is 5.92 Å². The molecule has 6 nitrogen and oxygen atoms in total. The summed E-state index contributed by atoms with van der Waals surface area (Å²) in [6.45, 7) is 15.1. The van der Waals surface area contributed by atoms with Crippen molar-refractivity contribution in [2.24, 2.45) is 10.9 Å². The molecule has 1 amide bonds. The molecule has 1 fully saturated rings. The van der Waals surface area contributed by atoms with Crippen LogP contribution < -0.4 is 16.0 Å². The van der Waals surface area contributed by atoms with Crippen LogP contribution >= 0.6 is 24.0 Å². The van der Waals surface area contributed by atoms with Gasteiger partial charge < -0.3 is 16.0 Å². The van der Waals surface area contributed by atoms with E-state index < -0.39 is 0 Å². The molecule has 0 aliphatic carbocycles. The predicted molar refractivity (Wildman–Crippen MR) is 132 cm³/mol. The molecule has 0 spiro atoms. The molecule has 0 bridgehead atoms. The van der Waals surface area contributed by atoms with Crippen molar-refractivity contribution in [3.05, 3.63) is 35.4 Å². The molecule has 0 aromatic heterocycles. The minimum Gasteiger partial charge on any atom is -0.357 e. The second-order valence-electron chi connectivity index (χ2n) is 7.93. The molecule has 0 saturated carbocycles. The van der Waals surface area contributed by atoms with E-state index in [1.54, 1.807) is 0 Å². The van der Waals surface area contributed by atoms with Gasteiger partial charge in [0.2, 0.25) is 0 Å². The minimum absolute atomic E-state index is 0. The molecule has 2 unspecified atom stereocenters. The summed E-state index contributed by atoms with van der Waals surface area (Å²) in [7, 11) is 0. The summed E-state index contributed by atoms with van der Waals surface area (Å²) in [5.41, 5.74) is 1.72. The van der Waals surface area contributed by atoms with Gasteiger partial charge in [-0.1, -0.05) is 26.0 Å². The van der Waals surface area contributed by atoms with Gasteiger partial charge in [-0.05, 0) is 50.8 Å². The van der Waals surface area contributed by atoms with Crippen LogP contribution in [0.2, 0.25) is 0 Å². The molecule has 3 N–H and O–H groups in total. The second kappa shape index (κ2) is 13.1. The van der Waals surface area contributed by atoms with E-state index in [1.165, 1.54) is 0 Å². The molecule has 7 heteroatoms. The Morgan fingerprint density at radius 2 is 2.00 bits per heavy atom. The number of nitrogens with zero attached hydrogens (tertiary/aromatic N) is 2. The van der Waals surface area contributed by atoms with Crippen molar-refractivity contribution in [3.8, 4) is 0 Å². The van der Waals surface area contributed by atoms with Gasteiger partial charge in [0.15, 0.2) is 5.96 Å². The highest BCUT2D eigenvalue weighted by Gasteiger charge is 2.31. The Kier molecular flexibility index (Phi) is 11.6. The van der Waals surface area contributed by atoms with Gasteiger partial charge in [-0.2, -0.15) is 0 Å². The quantitative estimate of drug-likeness (QED) is 0.283. The van der Waals surface area contributed by atoms with Crippen LogP contribution in [0.1, 0.15) is 57.0 Å². The SMILES string of the molecule is CCCNC(=O)c1cccc(CN=C(NCC)NC2CN(C(C)C)CC2C)c1.I. The van der Waals surface area contributed by atoms with E-state index >= 15 is 0 Å². The zero-order valence-corrected chi connectivity index (χ0v) is 20.8. The van der Waals surface area contributed by atoms with E-state index in [4.69, 9.17) is 4.99 Å². The highest BCUT2D eigenvalue weighted by molar-refractivity contribution is 14.0. The first kappa shape index (κ1) is 25.7. The first-order valence-electron chi connectivity index (χ1n) is 10.6. The zero-order valence-electron chi connectivity index (χ0n) is 18.5. The van der Waals surface area contributed by atoms with Crippen molar-refractivity contribution in [2.45, 2.75) is 59.7 Å². The van der Waals surface area contributed by atoms with E-state index in [0.717, 1.165) is 37.6 Å². The van der Waals surface area contributed by atoms with E-state index in [1.807, 2.05) is 31.2 Å². The lowest BCUT2D eigenvalue weighted by Crippen LogP contribution is -2.46. The fourth-order valence-electron chi connectivity index (χ4n) is 3.43. The van der Waals surface area contributed by atoms with Gasteiger partial charge in [0, 0.05) is 43.8 Å². The number of benzene rings is 1. The maximum Gasteiger partial charge on any atom is 0.251 e. The third-order valence-corrected chi connectivity index (χ3v) is 5.18. The smallest absolute Gasteiger partial charge is 0.251 e. The van der Waals surface area contributed by atoms with E-state index in [2.05, 4.69) is 48.5 Å². The Balaban J connectivity index is 0.00000420. The number of rotatable bonds is 8. The maximum absolute atomic E-state index is 12.2. The number of carbonyl (C=O) groups is 1. The molecule has 1 heterocycles. The fourth-order valence-corrected chi connectivity index (χ4v) is 3.43. The number of carbonyl (C=O) groups excluding carboxylic acids is 1. The van der Waals surface area contributed by atoms with E-state index in [9.17, 15) is 4.79 Å². The molecule has 1 aliphatic heterocycles. The Morgan fingerprint density at radius 3 is 2.62 bits per heavy atom. The molecule has 2 atom stereocenters. The minimum atomic E-state index is -0.0220. The molecule has 164 valence electrons. The molecule has 1 aromatic rings. The van der Waals surface area contributed by atoms with Gasteiger partial charge in [-0.25, -0.2) is 4.99 Å². The second-order valence-corrected chi connectivity index (χ2v) is 7.93. The highest BCUT2D eigenvalue weighted by Crippen LogP contribution is 2.18. The molecular weight excluding hydrogens is 477 g/mol. The number of halogens is 1. The average Bonchev–Trinajstić information content (AvgIpc) is 3.05. The van der Waals surface area contributed by atoms with Gasteiger partial charge >= 0.3 is 0 Å². The molecular formula is C22H38IN5O. The number of aliphatic imine (C=N–C) groups is 1. The number of nitrogens with one attached hydrogen (secondary N) is 3. The Bertz CT molecular complexity index is 664. The summed E-state index contributed by atoms with van der Waals surface area (Å²) in [6.07, 6.45) is 0.932. The monoisotopic (exact) mass is 515 g/mol. The lowest BCUT2D eigenvalue weighted by atomic mass is 10.1. The molecule has 1 saturated heterocycles. The molecule has 2 rings (SSSR count). The summed E-state index contributed by atoms with van der Waals surface area (Å²) < 4.78 is 0. The Labute approximate surface area is 193 Å². The third kappa shape index (κ3) is 8.12. The largest absolute Gasteiger partial charge is 0.357 e. The van der Waals surface area contributed by atoms with Gasteiger partial charge in [-0.15, -0.1) is 24.0 Å². The van der Waals surface area contributed by atoms with Crippen molar-refractivity contribution in [1.29, 1.82) is 0 Å². The van der Waals surface area contributed by atoms with Crippen LogP contribution in [0.5, 0.6) is 0 Å². The van der Waals surface area contributed by atoms with Crippen LogP contribution in [0.4, 0.5) is 0 Å². The Hall–Kier alpha value is -1.35. The lowest BCUT2D eigenvalue weighted by Gasteiger charge is -2.22. The third-order valence-electron chi connectivity index (χ3n) is 5.18. The lowest BCUT2D eigenvalue weighted by molar-refractivity contribution is 0.0953.